The normalized spacial score (nSPS) is 14.2. The van der Waals surface area contributed by atoms with Gasteiger partial charge in [-0.25, -0.2) is 13.4 Å². The van der Waals surface area contributed by atoms with Gasteiger partial charge in [-0.1, -0.05) is 6.07 Å². The number of nitrogen functional groups attached to an aromatic ring is 1. The van der Waals surface area contributed by atoms with E-state index in [4.69, 9.17) is 15.2 Å². The van der Waals surface area contributed by atoms with Crippen LogP contribution in [0, 0.1) is 0 Å². The Labute approximate surface area is 169 Å². The standard InChI is InChI=1S/C19H21N3O6S/c1-3-28-17-15(27-2)8-7-13(21-17)14(9-10-29(25)26)22-18(23)11-5-4-6-12(20)16(11)19(22)24/h4-8,14,29H,3,9-10,20H2,1-2H3. The first kappa shape index (κ1) is 20.6. The van der Waals surface area contributed by atoms with E-state index in [0.29, 0.717) is 18.1 Å². The Balaban J connectivity index is 2.07. The number of nitrogens with two attached hydrogens (primary N) is 1. The van der Waals surface area contributed by atoms with Gasteiger partial charge in [-0.05, 0) is 37.6 Å². The summed E-state index contributed by atoms with van der Waals surface area (Å²) in [4.78, 5) is 31.4. The van der Waals surface area contributed by atoms with Crippen LogP contribution in [0.1, 0.15) is 45.8 Å². The van der Waals surface area contributed by atoms with E-state index in [-0.39, 0.29) is 34.9 Å². The maximum Gasteiger partial charge on any atom is 0.264 e. The van der Waals surface area contributed by atoms with Crippen molar-refractivity contribution < 1.29 is 27.5 Å². The van der Waals surface area contributed by atoms with Gasteiger partial charge in [0.1, 0.15) is 10.7 Å². The third-order valence-electron chi connectivity index (χ3n) is 4.56. The number of aromatic nitrogens is 1. The lowest BCUT2D eigenvalue weighted by molar-refractivity contribution is 0.0574. The van der Waals surface area contributed by atoms with Crippen molar-refractivity contribution in [1.82, 2.24) is 9.88 Å². The van der Waals surface area contributed by atoms with E-state index in [2.05, 4.69) is 4.98 Å². The zero-order chi connectivity index (χ0) is 21.1. The molecule has 0 radical (unpaired) electrons. The van der Waals surface area contributed by atoms with Crippen LogP contribution in [0.3, 0.4) is 0 Å². The van der Waals surface area contributed by atoms with Gasteiger partial charge in [0.15, 0.2) is 5.75 Å². The van der Waals surface area contributed by atoms with Gasteiger partial charge in [0.05, 0.1) is 36.6 Å². The van der Waals surface area contributed by atoms with E-state index in [0.717, 1.165) is 4.90 Å². The Hall–Kier alpha value is -3.14. The van der Waals surface area contributed by atoms with Crippen LogP contribution in [0.15, 0.2) is 30.3 Å². The summed E-state index contributed by atoms with van der Waals surface area (Å²) in [7, 11) is -1.25. The summed E-state index contributed by atoms with van der Waals surface area (Å²) in [6, 6.07) is 6.92. The van der Waals surface area contributed by atoms with Crippen molar-refractivity contribution in [1.29, 1.82) is 0 Å². The molecule has 0 saturated heterocycles. The summed E-state index contributed by atoms with van der Waals surface area (Å²) in [6.07, 6.45) is -0.00499. The van der Waals surface area contributed by atoms with Crippen LogP contribution in [-0.4, -0.2) is 49.6 Å². The lowest BCUT2D eigenvalue weighted by atomic mass is 10.1. The fourth-order valence-corrected chi connectivity index (χ4v) is 3.73. The molecule has 2 aromatic rings. The minimum atomic E-state index is -2.71. The van der Waals surface area contributed by atoms with Crippen LogP contribution in [0.5, 0.6) is 11.6 Å². The van der Waals surface area contributed by atoms with Crippen LogP contribution < -0.4 is 15.2 Å². The Morgan fingerprint density at radius 1 is 1.17 bits per heavy atom. The molecule has 0 saturated carbocycles. The zero-order valence-electron chi connectivity index (χ0n) is 16.0. The third kappa shape index (κ3) is 3.88. The first-order chi connectivity index (χ1) is 13.9. The molecule has 0 spiro atoms. The molecule has 9 nitrogen and oxygen atoms in total. The monoisotopic (exact) mass is 419 g/mol. The first-order valence-electron chi connectivity index (χ1n) is 8.94. The second-order valence-electron chi connectivity index (χ2n) is 6.29. The Bertz CT molecular complexity index is 1030. The number of rotatable bonds is 8. The molecule has 0 fully saturated rings. The number of fused-ring (bicyclic) bond motifs is 1. The predicted octanol–water partition coefficient (Wildman–Crippen LogP) is 1.41. The fourth-order valence-electron chi connectivity index (χ4n) is 3.27. The predicted molar refractivity (Wildman–Crippen MR) is 106 cm³/mol. The van der Waals surface area contributed by atoms with Gasteiger partial charge in [0, 0.05) is 11.4 Å². The number of thiol groups is 1. The number of imide groups is 1. The van der Waals surface area contributed by atoms with Gasteiger partial charge >= 0.3 is 0 Å². The Morgan fingerprint density at radius 3 is 2.55 bits per heavy atom. The summed E-state index contributed by atoms with van der Waals surface area (Å²) in [5, 5.41) is 0. The van der Waals surface area contributed by atoms with Gasteiger partial charge in [-0.3, -0.25) is 14.5 Å². The summed E-state index contributed by atoms with van der Waals surface area (Å²) < 4.78 is 33.1. The number of carbonyl (C=O) groups excluding carboxylic acids is 2. The molecule has 154 valence electrons. The van der Waals surface area contributed by atoms with E-state index >= 15 is 0 Å². The highest BCUT2D eigenvalue weighted by Gasteiger charge is 2.42. The lowest BCUT2D eigenvalue weighted by Gasteiger charge is -2.26. The topological polar surface area (TPSA) is 129 Å². The smallest absolute Gasteiger partial charge is 0.264 e. The van der Waals surface area contributed by atoms with Crippen molar-refractivity contribution in [3.8, 4) is 11.6 Å². The van der Waals surface area contributed by atoms with Gasteiger partial charge in [0.2, 0.25) is 0 Å². The molecule has 10 heteroatoms. The van der Waals surface area contributed by atoms with E-state index in [1.54, 1.807) is 25.1 Å². The molecular formula is C19H21N3O6S. The molecule has 1 aromatic heterocycles. The number of nitrogens with zero attached hydrogens (tertiary/aromatic N) is 2. The van der Waals surface area contributed by atoms with Crippen LogP contribution in [0.2, 0.25) is 0 Å². The molecule has 1 aromatic carbocycles. The van der Waals surface area contributed by atoms with Gasteiger partial charge in [0.25, 0.3) is 17.7 Å². The molecule has 1 aliphatic rings. The average molecular weight is 419 g/mol. The quantitative estimate of drug-likeness (QED) is 0.373. The first-order valence-corrected chi connectivity index (χ1v) is 10.3. The average Bonchev–Trinajstić information content (AvgIpc) is 2.94. The van der Waals surface area contributed by atoms with Crippen molar-refractivity contribution in [3.05, 3.63) is 47.2 Å². The third-order valence-corrected chi connectivity index (χ3v) is 5.19. The van der Waals surface area contributed by atoms with Crippen molar-refractivity contribution in [2.75, 3.05) is 25.2 Å². The maximum atomic E-state index is 13.0. The van der Waals surface area contributed by atoms with Gasteiger partial charge in [-0.15, -0.1) is 0 Å². The van der Waals surface area contributed by atoms with E-state index in [9.17, 15) is 18.0 Å². The minimum absolute atomic E-state index is 0.00499. The van der Waals surface area contributed by atoms with Gasteiger partial charge < -0.3 is 15.2 Å². The minimum Gasteiger partial charge on any atom is -0.491 e. The molecule has 0 aliphatic carbocycles. The summed E-state index contributed by atoms with van der Waals surface area (Å²) in [6.45, 7) is 2.10. The highest BCUT2D eigenvalue weighted by Crippen LogP contribution is 2.37. The van der Waals surface area contributed by atoms with Crippen LogP contribution >= 0.6 is 0 Å². The van der Waals surface area contributed by atoms with Crippen LogP contribution in [-0.2, 0) is 10.7 Å². The number of carbonyl (C=O) groups is 2. The highest BCUT2D eigenvalue weighted by molar-refractivity contribution is 7.72. The van der Waals surface area contributed by atoms with Crippen LogP contribution in [0.25, 0.3) is 0 Å². The van der Waals surface area contributed by atoms with Crippen molar-refractivity contribution in [2.45, 2.75) is 19.4 Å². The van der Waals surface area contributed by atoms with Crippen molar-refractivity contribution in [2.24, 2.45) is 0 Å². The second kappa shape index (κ2) is 8.48. The van der Waals surface area contributed by atoms with Crippen molar-refractivity contribution >= 4 is 28.2 Å². The van der Waals surface area contributed by atoms with E-state index in [1.165, 1.54) is 19.2 Å². The second-order valence-corrected chi connectivity index (χ2v) is 7.40. The maximum absolute atomic E-state index is 13.0. The SMILES string of the molecule is CCOc1nc(C(CC[SH](=O)=O)N2C(=O)c3cccc(N)c3C2=O)ccc1OC. The molecule has 0 bridgehead atoms. The van der Waals surface area contributed by atoms with Crippen molar-refractivity contribution in [3.63, 3.8) is 0 Å². The molecule has 2 N–H and O–H groups in total. The van der Waals surface area contributed by atoms with Gasteiger partial charge in [-0.2, -0.15) is 0 Å². The number of methoxy groups -OCH3 is 1. The summed E-state index contributed by atoms with van der Waals surface area (Å²) in [5.41, 5.74) is 6.71. The lowest BCUT2D eigenvalue weighted by Crippen LogP contribution is -2.35. The Kier molecular flexibility index (Phi) is 6.02. The number of pyridine rings is 1. The summed E-state index contributed by atoms with van der Waals surface area (Å²) >= 11 is 0. The number of hydrogen-bond donors (Lipinski definition) is 2. The largest absolute Gasteiger partial charge is 0.491 e. The number of anilines is 1. The molecule has 1 atom stereocenters. The number of ether oxygens (including phenoxy) is 2. The molecule has 29 heavy (non-hydrogen) atoms. The number of amides is 2. The summed E-state index contributed by atoms with van der Waals surface area (Å²) in [5.74, 6) is -0.764. The molecular weight excluding hydrogens is 398 g/mol. The number of hydrogen-bond acceptors (Lipinski definition) is 8. The van der Waals surface area contributed by atoms with Crippen LogP contribution in [0.4, 0.5) is 5.69 Å². The fraction of sp³-hybridized carbons (Fsp3) is 0.316. The molecule has 1 aliphatic heterocycles. The Morgan fingerprint density at radius 2 is 1.93 bits per heavy atom. The van der Waals surface area contributed by atoms with E-state index < -0.39 is 28.6 Å². The zero-order valence-corrected chi connectivity index (χ0v) is 16.8. The molecule has 2 amide bonds. The number of benzene rings is 1. The molecule has 1 unspecified atom stereocenters. The van der Waals surface area contributed by atoms with E-state index in [1.807, 2.05) is 0 Å². The highest BCUT2D eigenvalue weighted by atomic mass is 32.2. The molecule has 2 heterocycles. The molecule has 3 rings (SSSR count).